The maximum absolute atomic E-state index is 12.3. The molecule has 1 saturated carbocycles. The van der Waals surface area contributed by atoms with Gasteiger partial charge in [0.2, 0.25) is 0 Å². The molecule has 6 heteroatoms. The van der Waals surface area contributed by atoms with Crippen molar-refractivity contribution in [2.75, 3.05) is 7.11 Å². The van der Waals surface area contributed by atoms with Crippen LogP contribution in [0.4, 0.5) is 0 Å². The van der Waals surface area contributed by atoms with Crippen molar-refractivity contribution in [3.05, 3.63) is 16.9 Å². The maximum atomic E-state index is 12.3. The normalized spacial score (nSPS) is 26.8. The molecule has 0 bridgehead atoms. The highest BCUT2D eigenvalue weighted by Gasteiger charge is 2.44. The Morgan fingerprint density at radius 3 is 2.95 bits per heavy atom. The van der Waals surface area contributed by atoms with Gasteiger partial charge in [0, 0.05) is 12.2 Å². The third kappa shape index (κ3) is 3.23. The van der Waals surface area contributed by atoms with E-state index >= 15 is 0 Å². The Balaban J connectivity index is 2.22. The summed E-state index contributed by atoms with van der Waals surface area (Å²) in [6, 6.07) is 0.456. The second kappa shape index (κ2) is 6.26. The molecule has 5 nitrogen and oxygen atoms in total. The molecule has 1 heterocycles. The molecule has 1 aromatic rings. The molecule has 1 fully saturated rings. The van der Waals surface area contributed by atoms with E-state index < -0.39 is 5.54 Å². The summed E-state index contributed by atoms with van der Waals surface area (Å²) in [6.45, 7) is 4.11. The Hall–Kier alpha value is -0.880. The van der Waals surface area contributed by atoms with Crippen LogP contribution < -0.4 is 5.32 Å². The molecule has 2 atom stereocenters. The number of carbonyl (C=O) groups excluding carboxylic acids is 1. The topological polar surface area (TPSA) is 56.1 Å². The fourth-order valence-electron chi connectivity index (χ4n) is 3.11. The lowest BCUT2D eigenvalue weighted by Gasteiger charge is -2.40. The van der Waals surface area contributed by atoms with Crippen LogP contribution in [0.3, 0.4) is 0 Å². The molecule has 112 valence electrons. The van der Waals surface area contributed by atoms with E-state index in [0.29, 0.717) is 6.42 Å². The Morgan fingerprint density at radius 1 is 1.65 bits per heavy atom. The Labute approximate surface area is 128 Å². The van der Waals surface area contributed by atoms with Crippen molar-refractivity contribution < 1.29 is 9.53 Å². The Morgan fingerprint density at radius 2 is 2.40 bits per heavy atom. The highest BCUT2D eigenvalue weighted by atomic mass is 79.9. The van der Waals surface area contributed by atoms with E-state index in [0.717, 1.165) is 23.7 Å². The number of aromatic nitrogens is 2. The summed E-state index contributed by atoms with van der Waals surface area (Å²) in [5, 5.41) is 7.78. The molecule has 1 aromatic heterocycles. The zero-order valence-electron chi connectivity index (χ0n) is 12.2. The van der Waals surface area contributed by atoms with Crippen LogP contribution in [0.2, 0.25) is 0 Å². The molecule has 0 saturated heterocycles. The summed E-state index contributed by atoms with van der Waals surface area (Å²) in [5.74, 6) is -0.165. The van der Waals surface area contributed by atoms with Gasteiger partial charge in [-0.25, -0.2) is 0 Å². The Kier molecular flexibility index (Phi) is 4.86. The van der Waals surface area contributed by atoms with E-state index in [-0.39, 0.29) is 18.1 Å². The van der Waals surface area contributed by atoms with Crippen LogP contribution in [0, 0.1) is 0 Å². The third-order valence-corrected chi connectivity index (χ3v) is 4.22. The van der Waals surface area contributed by atoms with Crippen molar-refractivity contribution in [1.29, 1.82) is 0 Å². The lowest BCUT2D eigenvalue weighted by Crippen LogP contribution is -2.57. The second-order valence-corrected chi connectivity index (χ2v) is 6.68. The molecule has 1 aliphatic carbocycles. The molecule has 0 aliphatic heterocycles. The summed E-state index contributed by atoms with van der Waals surface area (Å²) in [7, 11) is 1.46. The highest BCUT2D eigenvalue weighted by molar-refractivity contribution is 9.10. The van der Waals surface area contributed by atoms with E-state index in [9.17, 15) is 4.79 Å². The zero-order valence-corrected chi connectivity index (χ0v) is 13.8. The molecule has 1 N–H and O–H groups in total. The van der Waals surface area contributed by atoms with E-state index in [1.54, 1.807) is 6.20 Å². The monoisotopic (exact) mass is 343 g/mol. The quantitative estimate of drug-likeness (QED) is 0.854. The summed E-state index contributed by atoms with van der Waals surface area (Å²) >= 11 is 3.42. The number of nitrogens with zero attached hydrogens (tertiary/aromatic N) is 2. The van der Waals surface area contributed by atoms with Gasteiger partial charge in [0.15, 0.2) is 0 Å². The van der Waals surface area contributed by atoms with E-state index in [1.165, 1.54) is 7.11 Å². The van der Waals surface area contributed by atoms with Gasteiger partial charge in [-0.05, 0) is 55.5 Å². The summed E-state index contributed by atoms with van der Waals surface area (Å²) < 4.78 is 7.95. The minimum absolute atomic E-state index is 0.165. The first-order valence-corrected chi connectivity index (χ1v) is 7.82. The lowest BCUT2D eigenvalue weighted by atomic mass is 9.78. The molecule has 1 aliphatic rings. The Bertz CT molecular complexity index is 475. The van der Waals surface area contributed by atoms with E-state index in [4.69, 9.17) is 4.74 Å². The number of ether oxygens (including phenoxy) is 1. The highest BCUT2D eigenvalue weighted by Crippen LogP contribution is 2.36. The van der Waals surface area contributed by atoms with Crippen LogP contribution in [0.1, 0.15) is 45.6 Å². The van der Waals surface area contributed by atoms with Gasteiger partial charge in [-0.3, -0.25) is 14.8 Å². The second-order valence-electron chi connectivity index (χ2n) is 5.76. The first kappa shape index (κ1) is 15.5. The number of hydrogen-bond donors (Lipinski definition) is 1. The standard InChI is InChI=1S/C14H22BrN3O2/c1-10(2)17-14(13(19)20-3)6-4-5-12(7-14)18-9-11(15)8-16-18/h8-10,12,17H,4-7H2,1-3H3. The van der Waals surface area contributed by atoms with Gasteiger partial charge >= 0.3 is 5.97 Å². The average molecular weight is 344 g/mol. The van der Waals surface area contributed by atoms with Gasteiger partial charge in [-0.2, -0.15) is 5.10 Å². The number of halogens is 1. The average Bonchev–Trinajstić information content (AvgIpc) is 2.84. The minimum atomic E-state index is -0.593. The fourth-order valence-corrected chi connectivity index (χ4v) is 3.41. The zero-order chi connectivity index (χ0) is 14.8. The molecule has 2 unspecified atom stereocenters. The van der Waals surface area contributed by atoms with E-state index in [1.807, 2.05) is 10.9 Å². The van der Waals surface area contributed by atoms with Gasteiger partial charge in [-0.15, -0.1) is 0 Å². The lowest BCUT2D eigenvalue weighted by molar-refractivity contribution is -0.151. The van der Waals surface area contributed by atoms with Crippen molar-refractivity contribution in [3.63, 3.8) is 0 Å². The van der Waals surface area contributed by atoms with Gasteiger partial charge in [0.05, 0.1) is 23.8 Å². The van der Waals surface area contributed by atoms with Crippen molar-refractivity contribution in [2.45, 2.75) is 57.2 Å². The van der Waals surface area contributed by atoms with Crippen LogP contribution in [0.5, 0.6) is 0 Å². The summed E-state index contributed by atoms with van der Waals surface area (Å²) in [5.41, 5.74) is -0.593. The van der Waals surface area contributed by atoms with Crippen LogP contribution in [-0.4, -0.2) is 34.4 Å². The molecule has 2 rings (SSSR count). The predicted molar refractivity (Wildman–Crippen MR) is 80.5 cm³/mol. The number of nitrogens with one attached hydrogen (secondary N) is 1. The largest absolute Gasteiger partial charge is 0.468 e. The van der Waals surface area contributed by atoms with Crippen molar-refractivity contribution in [1.82, 2.24) is 15.1 Å². The van der Waals surface area contributed by atoms with Gasteiger partial charge < -0.3 is 4.74 Å². The number of rotatable bonds is 4. The predicted octanol–water partition coefficient (Wildman–Crippen LogP) is 2.67. The van der Waals surface area contributed by atoms with Crippen LogP contribution >= 0.6 is 15.9 Å². The van der Waals surface area contributed by atoms with Gasteiger partial charge in [0.1, 0.15) is 5.54 Å². The number of carbonyl (C=O) groups is 1. The number of hydrogen-bond acceptors (Lipinski definition) is 4. The first-order chi connectivity index (χ1) is 9.47. The smallest absolute Gasteiger partial charge is 0.326 e. The van der Waals surface area contributed by atoms with Crippen LogP contribution in [0.15, 0.2) is 16.9 Å². The van der Waals surface area contributed by atoms with Gasteiger partial charge in [-0.1, -0.05) is 0 Å². The number of esters is 1. The maximum Gasteiger partial charge on any atom is 0.326 e. The molecule has 0 radical (unpaired) electrons. The van der Waals surface area contributed by atoms with Crippen molar-refractivity contribution in [2.24, 2.45) is 0 Å². The number of methoxy groups -OCH3 is 1. The van der Waals surface area contributed by atoms with Crippen molar-refractivity contribution in [3.8, 4) is 0 Å². The molecular formula is C14H22BrN3O2. The SMILES string of the molecule is COC(=O)C1(NC(C)C)CCCC(n2cc(Br)cn2)C1. The van der Waals surface area contributed by atoms with Crippen molar-refractivity contribution >= 4 is 21.9 Å². The fraction of sp³-hybridized carbons (Fsp3) is 0.714. The van der Waals surface area contributed by atoms with Crippen LogP contribution in [-0.2, 0) is 9.53 Å². The van der Waals surface area contributed by atoms with E-state index in [2.05, 4.69) is 40.2 Å². The first-order valence-electron chi connectivity index (χ1n) is 7.02. The molecule has 0 spiro atoms. The molecular weight excluding hydrogens is 322 g/mol. The summed E-state index contributed by atoms with van der Waals surface area (Å²) in [6.07, 6.45) is 7.30. The van der Waals surface area contributed by atoms with Gasteiger partial charge in [0.25, 0.3) is 0 Å². The summed E-state index contributed by atoms with van der Waals surface area (Å²) in [4.78, 5) is 12.3. The molecule has 0 aromatic carbocycles. The minimum Gasteiger partial charge on any atom is -0.468 e. The molecule has 20 heavy (non-hydrogen) atoms. The third-order valence-electron chi connectivity index (χ3n) is 3.81. The molecule has 0 amide bonds. The van der Waals surface area contributed by atoms with Crippen LogP contribution in [0.25, 0.3) is 0 Å².